The number of nitrogens with one attached hydrogen (secondary N) is 1. The Balaban J connectivity index is 1.99. The van der Waals surface area contributed by atoms with Gasteiger partial charge in [0.05, 0.1) is 17.3 Å². The van der Waals surface area contributed by atoms with Crippen LogP contribution in [-0.4, -0.2) is 21.3 Å². The molecule has 4 aromatic rings. The number of allylic oxidation sites excluding steroid dienone is 1. The van der Waals surface area contributed by atoms with Gasteiger partial charge in [0.1, 0.15) is 5.82 Å². The third-order valence-electron chi connectivity index (χ3n) is 5.61. The first kappa shape index (κ1) is 23.9. The molecule has 4 rings (SSSR count). The SMILES string of the molecule is CCC(=C(c1ccc(C=CC(=O)O)cc1)c1ccc2[nH]ncc2c1)c1ccc(F)cc1C(F)(F)F. The second kappa shape index (κ2) is 9.58. The summed E-state index contributed by atoms with van der Waals surface area (Å²) in [4.78, 5) is 10.8. The molecule has 178 valence electrons. The van der Waals surface area contributed by atoms with Gasteiger partial charge >= 0.3 is 12.1 Å². The van der Waals surface area contributed by atoms with Crippen molar-refractivity contribution < 1.29 is 27.5 Å². The summed E-state index contributed by atoms with van der Waals surface area (Å²) in [5.41, 5.74) is 2.51. The summed E-state index contributed by atoms with van der Waals surface area (Å²) in [6.07, 6.45) is -0.447. The van der Waals surface area contributed by atoms with E-state index < -0.39 is 23.5 Å². The summed E-state index contributed by atoms with van der Waals surface area (Å²) in [5.74, 6) is -2.06. The topological polar surface area (TPSA) is 66.0 Å². The molecule has 0 spiro atoms. The number of aliphatic carboxylic acids is 1. The maximum atomic E-state index is 13.9. The number of aromatic amines is 1. The van der Waals surface area contributed by atoms with Gasteiger partial charge in [-0.2, -0.15) is 18.3 Å². The molecule has 0 atom stereocenters. The summed E-state index contributed by atoms with van der Waals surface area (Å²) >= 11 is 0. The lowest BCUT2D eigenvalue weighted by Crippen LogP contribution is -2.10. The van der Waals surface area contributed by atoms with Crippen molar-refractivity contribution in [1.82, 2.24) is 10.2 Å². The number of nitrogens with zero attached hydrogens (tertiary/aromatic N) is 1. The third kappa shape index (κ3) is 5.16. The second-order valence-electron chi connectivity index (χ2n) is 7.86. The van der Waals surface area contributed by atoms with Crippen LogP contribution in [0.2, 0.25) is 0 Å². The van der Waals surface area contributed by atoms with Gasteiger partial charge < -0.3 is 5.11 Å². The van der Waals surface area contributed by atoms with Crippen LogP contribution in [0.25, 0.3) is 28.1 Å². The molecular formula is C27H20F4N2O2. The highest BCUT2D eigenvalue weighted by molar-refractivity contribution is 6.01. The lowest BCUT2D eigenvalue weighted by Gasteiger charge is -2.20. The number of carbonyl (C=O) groups is 1. The monoisotopic (exact) mass is 480 g/mol. The van der Waals surface area contributed by atoms with E-state index in [1.54, 1.807) is 49.5 Å². The van der Waals surface area contributed by atoms with Crippen molar-refractivity contribution >= 4 is 34.1 Å². The fraction of sp³-hybridized carbons (Fsp3) is 0.111. The van der Waals surface area contributed by atoms with Crippen LogP contribution >= 0.6 is 0 Å². The Morgan fingerprint density at radius 2 is 1.74 bits per heavy atom. The highest BCUT2D eigenvalue weighted by Crippen LogP contribution is 2.41. The number of hydrogen-bond donors (Lipinski definition) is 2. The number of rotatable bonds is 6. The van der Waals surface area contributed by atoms with Crippen LogP contribution in [0, 0.1) is 5.82 Å². The lowest BCUT2D eigenvalue weighted by molar-refractivity contribution is -0.138. The fourth-order valence-electron chi connectivity index (χ4n) is 4.06. The van der Waals surface area contributed by atoms with E-state index in [2.05, 4.69) is 10.2 Å². The van der Waals surface area contributed by atoms with Crippen molar-refractivity contribution in [2.75, 3.05) is 0 Å². The molecule has 4 nitrogen and oxygen atoms in total. The average molecular weight is 480 g/mol. The molecule has 3 aromatic carbocycles. The van der Waals surface area contributed by atoms with Crippen molar-refractivity contribution in [3.05, 3.63) is 107 Å². The van der Waals surface area contributed by atoms with E-state index in [9.17, 15) is 22.4 Å². The Morgan fingerprint density at radius 3 is 2.40 bits per heavy atom. The number of halogens is 4. The average Bonchev–Trinajstić information content (AvgIpc) is 3.29. The Hall–Kier alpha value is -4.20. The predicted molar refractivity (Wildman–Crippen MR) is 127 cm³/mol. The molecule has 0 fully saturated rings. The van der Waals surface area contributed by atoms with Crippen molar-refractivity contribution in [3.8, 4) is 0 Å². The first-order chi connectivity index (χ1) is 16.7. The predicted octanol–water partition coefficient (Wildman–Crippen LogP) is 7.19. The van der Waals surface area contributed by atoms with Gasteiger partial charge in [-0.25, -0.2) is 9.18 Å². The highest BCUT2D eigenvalue weighted by atomic mass is 19.4. The van der Waals surface area contributed by atoms with Gasteiger partial charge in [0.2, 0.25) is 0 Å². The van der Waals surface area contributed by atoms with E-state index in [1.807, 2.05) is 6.07 Å². The van der Waals surface area contributed by atoms with Gasteiger partial charge in [0.25, 0.3) is 0 Å². The number of fused-ring (bicyclic) bond motifs is 1. The number of carboxylic acids is 1. The summed E-state index contributed by atoms with van der Waals surface area (Å²) in [6, 6.07) is 15.0. The van der Waals surface area contributed by atoms with Crippen LogP contribution in [0.5, 0.6) is 0 Å². The molecule has 0 bridgehead atoms. The minimum atomic E-state index is -4.75. The van der Waals surface area contributed by atoms with Crippen LogP contribution in [0.3, 0.4) is 0 Å². The number of alkyl halides is 3. The number of H-pyrrole nitrogens is 1. The smallest absolute Gasteiger partial charge is 0.417 e. The maximum Gasteiger partial charge on any atom is 0.417 e. The first-order valence-electron chi connectivity index (χ1n) is 10.7. The van der Waals surface area contributed by atoms with Crippen LogP contribution in [-0.2, 0) is 11.0 Å². The van der Waals surface area contributed by atoms with Gasteiger partial charge in [-0.05, 0) is 70.2 Å². The van der Waals surface area contributed by atoms with E-state index in [0.29, 0.717) is 33.9 Å². The van der Waals surface area contributed by atoms with Crippen LogP contribution in [0.15, 0.2) is 72.9 Å². The van der Waals surface area contributed by atoms with E-state index in [1.165, 1.54) is 6.08 Å². The molecule has 0 saturated carbocycles. The van der Waals surface area contributed by atoms with Crippen LogP contribution in [0.4, 0.5) is 17.6 Å². The van der Waals surface area contributed by atoms with E-state index in [4.69, 9.17) is 5.11 Å². The Morgan fingerprint density at radius 1 is 1.03 bits per heavy atom. The van der Waals surface area contributed by atoms with Gasteiger partial charge in [-0.15, -0.1) is 0 Å². The number of aromatic nitrogens is 2. The van der Waals surface area contributed by atoms with Crippen LogP contribution in [0.1, 0.15) is 41.2 Å². The minimum Gasteiger partial charge on any atom is -0.478 e. The molecule has 0 aliphatic rings. The molecule has 35 heavy (non-hydrogen) atoms. The lowest BCUT2D eigenvalue weighted by atomic mass is 9.85. The standard InChI is InChI=1S/C27H20F4N2O2/c1-2-21(22-10-9-20(28)14-23(22)27(29,30)31)26(18-8-11-24-19(13-18)15-32-33-24)17-6-3-16(4-7-17)5-12-25(34)35/h3-15H,2H2,1H3,(H,32,33)(H,34,35). The summed E-state index contributed by atoms with van der Waals surface area (Å²) in [6.45, 7) is 1.75. The number of carboxylic acid groups (broad SMARTS) is 1. The molecule has 0 unspecified atom stereocenters. The van der Waals surface area contributed by atoms with Crippen molar-refractivity contribution in [3.63, 3.8) is 0 Å². The van der Waals surface area contributed by atoms with Crippen molar-refractivity contribution in [2.24, 2.45) is 0 Å². The molecular weight excluding hydrogens is 460 g/mol. The second-order valence-corrected chi connectivity index (χ2v) is 7.86. The summed E-state index contributed by atoms with van der Waals surface area (Å²) in [7, 11) is 0. The number of benzene rings is 3. The highest BCUT2D eigenvalue weighted by Gasteiger charge is 2.35. The van der Waals surface area contributed by atoms with Gasteiger partial charge in [-0.3, -0.25) is 5.10 Å². The van der Waals surface area contributed by atoms with Crippen molar-refractivity contribution in [2.45, 2.75) is 19.5 Å². The summed E-state index contributed by atoms with van der Waals surface area (Å²) in [5, 5.41) is 16.5. The first-order valence-corrected chi connectivity index (χ1v) is 10.7. The molecule has 0 saturated heterocycles. The van der Waals surface area contributed by atoms with E-state index in [0.717, 1.165) is 29.1 Å². The Labute approximate surface area is 198 Å². The maximum absolute atomic E-state index is 13.9. The molecule has 2 N–H and O–H groups in total. The normalized spacial score (nSPS) is 12.8. The zero-order chi connectivity index (χ0) is 25.2. The largest absolute Gasteiger partial charge is 0.478 e. The third-order valence-corrected chi connectivity index (χ3v) is 5.61. The van der Waals surface area contributed by atoms with Gasteiger partial charge in [-0.1, -0.05) is 43.3 Å². The van der Waals surface area contributed by atoms with Crippen LogP contribution < -0.4 is 0 Å². The van der Waals surface area contributed by atoms with Gasteiger partial charge in [0, 0.05) is 11.5 Å². The Bertz CT molecular complexity index is 1450. The quantitative estimate of drug-likeness (QED) is 0.174. The summed E-state index contributed by atoms with van der Waals surface area (Å²) < 4.78 is 55.5. The van der Waals surface area contributed by atoms with E-state index in [-0.39, 0.29) is 12.0 Å². The molecule has 1 heterocycles. The molecule has 0 amide bonds. The zero-order valence-electron chi connectivity index (χ0n) is 18.5. The fourth-order valence-corrected chi connectivity index (χ4v) is 4.06. The molecule has 0 radical (unpaired) electrons. The molecule has 0 aliphatic carbocycles. The molecule has 1 aromatic heterocycles. The zero-order valence-corrected chi connectivity index (χ0v) is 18.5. The minimum absolute atomic E-state index is 0.0986. The molecule has 0 aliphatic heterocycles. The van der Waals surface area contributed by atoms with Gasteiger partial charge in [0.15, 0.2) is 0 Å². The Kier molecular flexibility index (Phi) is 6.55. The van der Waals surface area contributed by atoms with Crippen molar-refractivity contribution in [1.29, 1.82) is 0 Å². The number of hydrogen-bond acceptors (Lipinski definition) is 2. The van der Waals surface area contributed by atoms with E-state index >= 15 is 0 Å². The molecule has 8 heteroatoms.